The van der Waals surface area contributed by atoms with Crippen molar-refractivity contribution in [2.45, 2.75) is 44.0 Å². The number of hydrogen-bond donors (Lipinski definition) is 1. The van der Waals surface area contributed by atoms with Gasteiger partial charge in [0.1, 0.15) is 0 Å². The van der Waals surface area contributed by atoms with Crippen molar-refractivity contribution in [3.8, 4) is 0 Å². The van der Waals surface area contributed by atoms with Crippen molar-refractivity contribution in [2.24, 2.45) is 5.92 Å². The molecule has 0 bridgehead atoms. The fourth-order valence-electron chi connectivity index (χ4n) is 3.99. The lowest BCUT2D eigenvalue weighted by atomic mass is 9.88. The molecule has 32 heavy (non-hydrogen) atoms. The average Bonchev–Trinajstić information content (AvgIpc) is 3.27. The molecule has 4 heterocycles. The molecule has 0 saturated carbocycles. The number of halogens is 3. The van der Waals surface area contributed by atoms with E-state index in [1.807, 2.05) is 4.90 Å². The predicted molar refractivity (Wildman–Crippen MR) is 102 cm³/mol. The Balaban J connectivity index is 0.000000360. The van der Waals surface area contributed by atoms with Crippen LogP contribution in [0.2, 0.25) is 0 Å². The molecular formula is C20H24F3N3O6. The number of rotatable bonds is 2. The highest BCUT2D eigenvalue weighted by Gasteiger charge is 2.45. The van der Waals surface area contributed by atoms with E-state index >= 15 is 0 Å². The van der Waals surface area contributed by atoms with Crippen LogP contribution >= 0.6 is 0 Å². The summed E-state index contributed by atoms with van der Waals surface area (Å²) in [6, 6.07) is 3.56. The van der Waals surface area contributed by atoms with Crippen molar-refractivity contribution in [2.75, 3.05) is 26.3 Å². The minimum atomic E-state index is -5.08. The maximum Gasteiger partial charge on any atom is 0.490 e. The van der Waals surface area contributed by atoms with Gasteiger partial charge in [-0.25, -0.2) is 9.86 Å². The van der Waals surface area contributed by atoms with Crippen LogP contribution in [0.4, 0.5) is 13.2 Å². The number of carbonyl (C=O) groups excluding carboxylic acids is 2. The van der Waals surface area contributed by atoms with E-state index in [4.69, 9.17) is 19.5 Å². The van der Waals surface area contributed by atoms with Gasteiger partial charge in [-0.15, -0.1) is 0 Å². The molecular weight excluding hydrogens is 435 g/mol. The molecule has 12 heteroatoms. The molecule has 4 rings (SSSR count). The number of pyridine rings is 1. The molecule has 0 aliphatic carbocycles. The third-order valence-electron chi connectivity index (χ3n) is 5.52. The zero-order valence-corrected chi connectivity index (χ0v) is 17.2. The van der Waals surface area contributed by atoms with Crippen LogP contribution in [-0.4, -0.2) is 82.5 Å². The molecule has 9 nitrogen and oxygen atoms in total. The Kier molecular flexibility index (Phi) is 7.67. The normalized spacial score (nSPS) is 25.4. The number of carboxylic acid groups (broad SMARTS) is 1. The van der Waals surface area contributed by atoms with E-state index in [0.717, 1.165) is 19.3 Å². The Hall–Kier alpha value is -2.73. The van der Waals surface area contributed by atoms with Crippen LogP contribution in [0.25, 0.3) is 0 Å². The van der Waals surface area contributed by atoms with E-state index in [0.29, 0.717) is 38.3 Å². The molecule has 1 aromatic heterocycles. The van der Waals surface area contributed by atoms with Gasteiger partial charge < -0.3 is 14.7 Å². The maximum absolute atomic E-state index is 13.0. The van der Waals surface area contributed by atoms with Crippen LogP contribution in [0.15, 0.2) is 24.5 Å². The largest absolute Gasteiger partial charge is 0.490 e. The summed E-state index contributed by atoms with van der Waals surface area (Å²) in [6.45, 7) is 2.25. The second kappa shape index (κ2) is 10.3. The van der Waals surface area contributed by atoms with Crippen LogP contribution in [-0.2, 0) is 19.2 Å². The van der Waals surface area contributed by atoms with Crippen LogP contribution in [0.1, 0.15) is 36.0 Å². The number of aromatic nitrogens is 1. The van der Waals surface area contributed by atoms with Crippen LogP contribution < -0.4 is 0 Å². The number of piperidine rings is 1. The molecule has 0 aromatic carbocycles. The van der Waals surface area contributed by atoms with E-state index in [1.54, 1.807) is 24.5 Å². The first-order valence-electron chi connectivity index (χ1n) is 10.3. The molecule has 1 aromatic rings. The van der Waals surface area contributed by atoms with Crippen molar-refractivity contribution >= 4 is 17.8 Å². The number of carboxylic acids is 1. The zero-order chi connectivity index (χ0) is 23.3. The van der Waals surface area contributed by atoms with Gasteiger partial charge >= 0.3 is 12.1 Å². The van der Waals surface area contributed by atoms with Gasteiger partial charge in [0.2, 0.25) is 0 Å². The third kappa shape index (κ3) is 5.74. The first-order valence-corrected chi connectivity index (χ1v) is 10.3. The maximum atomic E-state index is 13.0. The summed E-state index contributed by atoms with van der Waals surface area (Å²) in [4.78, 5) is 46.1. The number of aliphatic carboxylic acids is 1. The molecule has 3 fully saturated rings. The molecule has 0 unspecified atom stereocenters. The summed E-state index contributed by atoms with van der Waals surface area (Å²) >= 11 is 0. The minimum Gasteiger partial charge on any atom is -0.475 e. The molecule has 2 amide bonds. The predicted octanol–water partition coefficient (Wildman–Crippen LogP) is 1.89. The van der Waals surface area contributed by atoms with Crippen molar-refractivity contribution in [3.05, 3.63) is 30.1 Å². The number of amides is 2. The Labute approximate surface area is 182 Å². The van der Waals surface area contributed by atoms with Crippen LogP contribution in [0.5, 0.6) is 0 Å². The first kappa shape index (κ1) is 23.9. The summed E-state index contributed by atoms with van der Waals surface area (Å²) in [5.74, 6) is -3.14. The van der Waals surface area contributed by atoms with Gasteiger partial charge in [0, 0.05) is 32.1 Å². The average molecular weight is 459 g/mol. The van der Waals surface area contributed by atoms with Crippen molar-refractivity contribution in [1.82, 2.24) is 14.9 Å². The molecule has 3 atom stereocenters. The van der Waals surface area contributed by atoms with E-state index in [9.17, 15) is 22.8 Å². The first-order chi connectivity index (χ1) is 15.2. The Morgan fingerprint density at radius 3 is 2.53 bits per heavy atom. The number of likely N-dealkylation sites (tertiary alicyclic amines) is 1. The fraction of sp³-hybridized carbons (Fsp3) is 0.600. The van der Waals surface area contributed by atoms with Gasteiger partial charge in [-0.2, -0.15) is 13.2 Å². The minimum absolute atomic E-state index is 0.0300. The lowest BCUT2D eigenvalue weighted by Crippen LogP contribution is -2.55. The molecule has 176 valence electrons. The number of ether oxygens (including phenoxy) is 1. The molecule has 0 radical (unpaired) electrons. The summed E-state index contributed by atoms with van der Waals surface area (Å²) in [5.41, 5.74) is 0.551. The molecule has 3 saturated heterocycles. The van der Waals surface area contributed by atoms with Crippen LogP contribution in [0, 0.1) is 5.92 Å². The zero-order valence-electron chi connectivity index (χ0n) is 17.2. The number of alkyl halides is 3. The lowest BCUT2D eigenvalue weighted by molar-refractivity contribution is -0.203. The summed E-state index contributed by atoms with van der Waals surface area (Å²) in [7, 11) is 0. The standard InChI is InChI=1S/C18H23N3O4.C2HF3O2/c22-17(13-4-3-6-19-11-13)20-12-14(10-16-15(20)5-9-24-16)18(23)21-7-1-2-8-25-21;3-2(4,5)1(6)7/h3-4,6,11,14-16H,1-2,5,7-10,12H2;(H,6,7)/t14-,15+,16+;/m0./s1. The number of hydroxylamine groups is 2. The summed E-state index contributed by atoms with van der Waals surface area (Å²) < 4.78 is 37.6. The molecule has 3 aliphatic heterocycles. The highest BCUT2D eigenvalue weighted by atomic mass is 19.4. The van der Waals surface area contributed by atoms with Crippen molar-refractivity contribution in [1.29, 1.82) is 0 Å². The van der Waals surface area contributed by atoms with Gasteiger partial charge in [-0.3, -0.25) is 19.4 Å². The molecule has 3 aliphatic rings. The quantitative estimate of drug-likeness (QED) is 0.719. The van der Waals surface area contributed by atoms with Crippen LogP contribution in [0.3, 0.4) is 0 Å². The third-order valence-corrected chi connectivity index (χ3v) is 5.52. The Bertz CT molecular complexity index is 817. The van der Waals surface area contributed by atoms with Gasteiger partial charge in [-0.05, 0) is 37.8 Å². The fourth-order valence-corrected chi connectivity index (χ4v) is 3.99. The molecule has 0 spiro atoms. The second-order valence-electron chi connectivity index (χ2n) is 7.68. The lowest BCUT2D eigenvalue weighted by Gasteiger charge is -2.41. The van der Waals surface area contributed by atoms with E-state index in [2.05, 4.69) is 4.98 Å². The Morgan fingerprint density at radius 1 is 1.19 bits per heavy atom. The van der Waals surface area contributed by atoms with Crippen molar-refractivity contribution in [3.63, 3.8) is 0 Å². The number of hydrogen-bond acceptors (Lipinski definition) is 6. The second-order valence-corrected chi connectivity index (χ2v) is 7.68. The Morgan fingerprint density at radius 2 is 1.94 bits per heavy atom. The van der Waals surface area contributed by atoms with Gasteiger partial charge in [-0.1, -0.05) is 0 Å². The van der Waals surface area contributed by atoms with Gasteiger partial charge in [0.15, 0.2) is 0 Å². The summed E-state index contributed by atoms with van der Waals surface area (Å²) in [5, 5.41) is 8.61. The topological polar surface area (TPSA) is 109 Å². The van der Waals surface area contributed by atoms with Gasteiger partial charge in [0.05, 0.1) is 30.2 Å². The van der Waals surface area contributed by atoms with E-state index in [1.165, 1.54) is 5.06 Å². The number of carbonyl (C=O) groups is 3. The molecule has 1 N–H and O–H groups in total. The SMILES string of the molecule is O=C(O)C(F)(F)F.O=C([C@H]1C[C@H]2OCC[C@H]2N(C(=O)c2cccnc2)C1)N1CCCCO1. The highest BCUT2D eigenvalue weighted by molar-refractivity contribution is 5.94. The number of nitrogens with zero attached hydrogens (tertiary/aromatic N) is 3. The summed E-state index contributed by atoms with van der Waals surface area (Å²) in [6.07, 6.45) is 1.47. The highest BCUT2D eigenvalue weighted by Crippen LogP contribution is 2.33. The van der Waals surface area contributed by atoms with E-state index < -0.39 is 12.1 Å². The smallest absolute Gasteiger partial charge is 0.475 e. The van der Waals surface area contributed by atoms with Gasteiger partial charge in [0.25, 0.3) is 11.8 Å². The monoisotopic (exact) mass is 459 g/mol. The number of fused-ring (bicyclic) bond motifs is 1. The van der Waals surface area contributed by atoms with Crippen molar-refractivity contribution < 1.29 is 42.2 Å². The van der Waals surface area contributed by atoms with E-state index in [-0.39, 0.29) is 29.9 Å².